The van der Waals surface area contributed by atoms with Crippen molar-refractivity contribution >= 4 is 23.5 Å². The molecule has 0 unspecified atom stereocenters. The van der Waals surface area contributed by atoms with Crippen molar-refractivity contribution in [2.75, 3.05) is 37.7 Å². The minimum absolute atomic E-state index is 0.00633. The predicted molar refractivity (Wildman–Crippen MR) is 145 cm³/mol. The van der Waals surface area contributed by atoms with E-state index in [4.69, 9.17) is 9.84 Å². The fourth-order valence-corrected chi connectivity index (χ4v) is 5.95. The predicted octanol–water partition coefficient (Wildman–Crippen LogP) is 3.40. The zero-order valence-corrected chi connectivity index (χ0v) is 23.4. The maximum atomic E-state index is 14.1. The molecule has 3 aliphatic rings. The lowest BCUT2D eigenvalue weighted by Gasteiger charge is -2.39. The summed E-state index contributed by atoms with van der Waals surface area (Å²) in [5.41, 5.74) is -0.815. The van der Waals surface area contributed by atoms with Crippen LogP contribution in [0.1, 0.15) is 76.5 Å². The van der Waals surface area contributed by atoms with E-state index in [1.54, 1.807) is 11.6 Å². The van der Waals surface area contributed by atoms with E-state index in [1.165, 1.54) is 11.0 Å². The highest BCUT2D eigenvalue weighted by Crippen LogP contribution is 2.52. The van der Waals surface area contributed by atoms with Gasteiger partial charge in [-0.15, -0.1) is 0 Å². The van der Waals surface area contributed by atoms with Gasteiger partial charge in [-0.1, -0.05) is 6.07 Å². The molecule has 0 radical (unpaired) electrons. The fourth-order valence-electron chi connectivity index (χ4n) is 5.95. The Labute approximate surface area is 245 Å². The molecule has 2 aromatic rings. The lowest BCUT2D eigenvalue weighted by molar-refractivity contribution is -0.137. The van der Waals surface area contributed by atoms with E-state index in [0.29, 0.717) is 50.3 Å². The Kier molecular flexibility index (Phi) is 8.42. The molecule has 43 heavy (non-hydrogen) atoms. The van der Waals surface area contributed by atoms with Gasteiger partial charge in [0.25, 0.3) is 17.7 Å². The number of nitrogens with zero attached hydrogens (tertiary/aromatic N) is 6. The zero-order valence-electron chi connectivity index (χ0n) is 23.4. The van der Waals surface area contributed by atoms with Crippen molar-refractivity contribution in [3.63, 3.8) is 0 Å². The number of carbonyl (C=O) groups is 3. The molecule has 226 valence electrons. The SMILES string of the molecule is CCN1C(=O)[C@@H](NC(=O)c2cccc(C(F)(F)F)c2)[C@@H](C2CC2)c2c(C(=O)N(CC#N)CC#N)nn(C3CCOCC3)c21. The largest absolute Gasteiger partial charge is 0.416 e. The molecule has 1 N–H and O–H groups in total. The molecule has 2 aliphatic heterocycles. The second kappa shape index (κ2) is 12.1. The van der Waals surface area contributed by atoms with Crippen molar-refractivity contribution in [3.05, 3.63) is 46.6 Å². The minimum atomic E-state index is -4.66. The second-order valence-electron chi connectivity index (χ2n) is 10.8. The number of alkyl halides is 3. The van der Waals surface area contributed by atoms with Crippen molar-refractivity contribution in [2.24, 2.45) is 5.92 Å². The van der Waals surface area contributed by atoms with Gasteiger partial charge >= 0.3 is 6.18 Å². The van der Waals surface area contributed by atoms with Gasteiger partial charge in [-0.05, 0) is 56.7 Å². The van der Waals surface area contributed by atoms with Crippen LogP contribution in [0.5, 0.6) is 0 Å². The first-order chi connectivity index (χ1) is 20.6. The summed E-state index contributed by atoms with van der Waals surface area (Å²) < 4.78 is 47.2. The summed E-state index contributed by atoms with van der Waals surface area (Å²) in [5.74, 6) is -2.33. The van der Waals surface area contributed by atoms with Crippen LogP contribution in [0.25, 0.3) is 0 Å². The number of carbonyl (C=O) groups excluding carboxylic acids is 3. The van der Waals surface area contributed by atoms with E-state index in [2.05, 4.69) is 5.32 Å². The lowest BCUT2D eigenvalue weighted by atomic mass is 9.82. The van der Waals surface area contributed by atoms with Gasteiger partial charge in [-0.2, -0.15) is 28.8 Å². The third kappa shape index (κ3) is 5.79. The van der Waals surface area contributed by atoms with Crippen LogP contribution < -0.4 is 10.2 Å². The first-order valence-electron chi connectivity index (χ1n) is 14.1. The Morgan fingerprint density at radius 2 is 1.81 bits per heavy atom. The number of rotatable bonds is 8. The Morgan fingerprint density at radius 3 is 2.40 bits per heavy atom. The first kappa shape index (κ1) is 30.0. The average molecular weight is 598 g/mol. The van der Waals surface area contributed by atoms with Gasteiger partial charge in [0.05, 0.1) is 23.7 Å². The van der Waals surface area contributed by atoms with Crippen LogP contribution in [0.2, 0.25) is 0 Å². The number of benzene rings is 1. The number of likely N-dealkylation sites (N-methyl/N-ethyl adjacent to an activating group) is 1. The smallest absolute Gasteiger partial charge is 0.381 e. The molecular formula is C29H30F3N7O4. The molecule has 1 saturated carbocycles. The number of anilines is 1. The fraction of sp³-hybridized carbons (Fsp3) is 0.517. The molecule has 14 heteroatoms. The van der Waals surface area contributed by atoms with E-state index in [-0.39, 0.29) is 42.9 Å². The van der Waals surface area contributed by atoms with Crippen LogP contribution in [-0.4, -0.2) is 71.3 Å². The quantitative estimate of drug-likeness (QED) is 0.459. The number of hydrogen-bond donors (Lipinski definition) is 1. The standard InChI is InChI=1S/C29H30F3N7O4/c1-2-38-26-22(24(27(41)37(12-10-33)13-11-34)36-39(26)20-8-14-43-15-9-20)21(17-6-7-17)23(28(38)42)35-25(40)18-4-3-5-19(16-18)29(30,31)32/h3-5,16-17,20-21,23H,2,6-9,12-15H2,1H3,(H,35,40)/t21-,23-/m0/s1. The highest BCUT2D eigenvalue weighted by molar-refractivity contribution is 6.07. The number of ether oxygens (including phenoxy) is 1. The summed E-state index contributed by atoms with van der Waals surface area (Å²) in [6.45, 7) is 2.11. The molecule has 1 aromatic carbocycles. The second-order valence-corrected chi connectivity index (χ2v) is 10.8. The summed E-state index contributed by atoms with van der Waals surface area (Å²) in [6.07, 6.45) is -2.09. The van der Waals surface area contributed by atoms with Crippen LogP contribution in [0.4, 0.5) is 19.0 Å². The Morgan fingerprint density at radius 1 is 1.14 bits per heavy atom. The Bertz CT molecular complexity index is 1480. The number of hydrogen-bond acceptors (Lipinski definition) is 7. The third-order valence-corrected chi connectivity index (χ3v) is 8.14. The number of amides is 3. The molecule has 1 aromatic heterocycles. The van der Waals surface area contributed by atoms with E-state index in [1.807, 2.05) is 12.1 Å². The van der Waals surface area contributed by atoms with Crippen molar-refractivity contribution in [3.8, 4) is 12.1 Å². The van der Waals surface area contributed by atoms with Crippen LogP contribution >= 0.6 is 0 Å². The topological polar surface area (TPSA) is 144 Å². The molecule has 0 spiro atoms. The van der Waals surface area contributed by atoms with Gasteiger partial charge in [0.15, 0.2) is 5.69 Å². The Hall–Kier alpha value is -4.43. The van der Waals surface area contributed by atoms with Gasteiger partial charge in [0.2, 0.25) is 0 Å². The molecular weight excluding hydrogens is 567 g/mol. The van der Waals surface area contributed by atoms with Gasteiger partial charge < -0.3 is 15.0 Å². The summed E-state index contributed by atoms with van der Waals surface area (Å²) in [6, 6.07) is 6.38. The molecule has 11 nitrogen and oxygen atoms in total. The highest BCUT2D eigenvalue weighted by Gasteiger charge is 2.52. The van der Waals surface area contributed by atoms with Crippen molar-refractivity contribution in [2.45, 2.75) is 56.8 Å². The summed E-state index contributed by atoms with van der Waals surface area (Å²) in [7, 11) is 0. The summed E-state index contributed by atoms with van der Waals surface area (Å²) in [4.78, 5) is 43.8. The molecule has 5 rings (SSSR count). The maximum absolute atomic E-state index is 14.1. The van der Waals surface area contributed by atoms with Crippen LogP contribution in [-0.2, 0) is 15.7 Å². The van der Waals surface area contributed by atoms with Crippen LogP contribution in [0.3, 0.4) is 0 Å². The average Bonchev–Trinajstić information content (AvgIpc) is 3.76. The van der Waals surface area contributed by atoms with Gasteiger partial charge in [-0.25, -0.2) is 4.68 Å². The zero-order chi connectivity index (χ0) is 30.9. The number of fused-ring (bicyclic) bond motifs is 1. The van der Waals surface area contributed by atoms with Crippen molar-refractivity contribution < 1.29 is 32.3 Å². The van der Waals surface area contributed by atoms with E-state index >= 15 is 0 Å². The number of aromatic nitrogens is 2. The molecule has 2 fully saturated rings. The first-order valence-corrected chi connectivity index (χ1v) is 14.1. The normalized spacial score (nSPS) is 20.6. The van der Waals surface area contributed by atoms with E-state index in [9.17, 15) is 38.1 Å². The molecule has 3 heterocycles. The number of halogens is 3. The molecule has 3 amide bonds. The third-order valence-electron chi connectivity index (χ3n) is 8.14. The van der Waals surface area contributed by atoms with Crippen molar-refractivity contribution in [1.29, 1.82) is 10.5 Å². The van der Waals surface area contributed by atoms with Gasteiger partial charge in [0, 0.05) is 36.8 Å². The highest BCUT2D eigenvalue weighted by atomic mass is 19.4. The number of nitriles is 2. The Balaban J connectivity index is 1.62. The molecule has 0 bridgehead atoms. The molecule has 1 aliphatic carbocycles. The van der Waals surface area contributed by atoms with Gasteiger partial charge in [0.1, 0.15) is 24.9 Å². The van der Waals surface area contributed by atoms with Gasteiger partial charge in [-0.3, -0.25) is 19.3 Å². The lowest BCUT2D eigenvalue weighted by Crippen LogP contribution is -2.56. The summed E-state index contributed by atoms with van der Waals surface area (Å²) in [5, 5.41) is 26.1. The monoisotopic (exact) mass is 597 g/mol. The number of nitrogens with one attached hydrogen (secondary N) is 1. The maximum Gasteiger partial charge on any atom is 0.416 e. The van der Waals surface area contributed by atoms with Crippen LogP contribution in [0, 0.1) is 28.6 Å². The molecule has 1 saturated heterocycles. The summed E-state index contributed by atoms with van der Waals surface area (Å²) >= 11 is 0. The van der Waals surface area contributed by atoms with E-state index in [0.717, 1.165) is 23.1 Å². The van der Waals surface area contributed by atoms with Crippen LogP contribution in [0.15, 0.2) is 24.3 Å². The molecule has 2 atom stereocenters. The minimum Gasteiger partial charge on any atom is -0.381 e. The van der Waals surface area contributed by atoms with E-state index < -0.39 is 41.4 Å². The van der Waals surface area contributed by atoms with Crippen molar-refractivity contribution in [1.82, 2.24) is 20.0 Å².